The lowest BCUT2D eigenvalue weighted by Gasteiger charge is -2.37. The Kier molecular flexibility index (Phi) is 5.79. The lowest BCUT2D eigenvalue weighted by molar-refractivity contribution is -0.121. The monoisotopic (exact) mass is 380 g/mol. The van der Waals surface area contributed by atoms with Crippen molar-refractivity contribution in [3.05, 3.63) is 11.8 Å². The molecule has 0 radical (unpaired) electrons. The zero-order valence-corrected chi connectivity index (χ0v) is 16.6. The second kappa shape index (κ2) is 7.90. The van der Waals surface area contributed by atoms with E-state index in [2.05, 4.69) is 10.5 Å². The molecule has 3 heterocycles. The molecule has 1 aromatic heterocycles. The van der Waals surface area contributed by atoms with Crippen molar-refractivity contribution in [3.8, 4) is 0 Å². The van der Waals surface area contributed by atoms with Crippen molar-refractivity contribution in [3.63, 3.8) is 0 Å². The Morgan fingerprint density at radius 2 is 1.96 bits per heavy atom. The van der Waals surface area contributed by atoms with E-state index in [1.165, 1.54) is 0 Å². The summed E-state index contributed by atoms with van der Waals surface area (Å²) in [6.45, 7) is 8.88. The normalized spacial score (nSPS) is 21.6. The third-order valence-corrected chi connectivity index (χ3v) is 5.79. The predicted octanol–water partition coefficient (Wildman–Crippen LogP) is 2.79. The van der Waals surface area contributed by atoms with E-state index < -0.39 is 0 Å². The van der Waals surface area contributed by atoms with E-state index in [0.717, 1.165) is 49.7 Å². The lowest BCUT2D eigenvalue weighted by atomic mass is 9.93. The molecule has 144 valence electrons. The fourth-order valence-electron chi connectivity index (χ4n) is 3.24. The highest BCUT2D eigenvalue weighted by Crippen LogP contribution is 2.25. The Hall–Kier alpha value is -1.70. The summed E-state index contributed by atoms with van der Waals surface area (Å²) in [6.07, 6.45) is 1.63. The number of amides is 3. The molecule has 2 fully saturated rings. The van der Waals surface area contributed by atoms with Gasteiger partial charge in [0.05, 0.1) is 5.92 Å². The average Bonchev–Trinajstić information content (AvgIpc) is 3.11. The van der Waals surface area contributed by atoms with Gasteiger partial charge >= 0.3 is 6.03 Å². The molecule has 1 unspecified atom stereocenters. The average molecular weight is 381 g/mol. The summed E-state index contributed by atoms with van der Waals surface area (Å²) in [7, 11) is 0. The van der Waals surface area contributed by atoms with Crippen molar-refractivity contribution >= 4 is 29.5 Å². The number of likely N-dealkylation sites (tertiary alicyclic amines) is 1. The van der Waals surface area contributed by atoms with Gasteiger partial charge in [0, 0.05) is 49.2 Å². The van der Waals surface area contributed by atoms with Crippen LogP contribution in [0.15, 0.2) is 10.6 Å². The van der Waals surface area contributed by atoms with Crippen LogP contribution in [0.2, 0.25) is 0 Å². The van der Waals surface area contributed by atoms with Crippen molar-refractivity contribution < 1.29 is 14.1 Å². The van der Waals surface area contributed by atoms with Gasteiger partial charge in [0.1, 0.15) is 5.76 Å². The molecule has 0 aliphatic carbocycles. The molecule has 0 saturated carbocycles. The van der Waals surface area contributed by atoms with Crippen LogP contribution >= 0.6 is 11.8 Å². The number of hydrogen-bond acceptors (Lipinski definition) is 5. The molecular formula is C18H28N4O3S. The standard InChI is InChI=1S/C18H28N4O3S/c1-18(2,3)14-11-15(20-25-14)19-16(23)13-5-4-6-22(12-13)17(24)21-7-9-26-10-8-21/h11,13H,4-10,12H2,1-3H3,(H,19,20,23). The number of aromatic nitrogens is 1. The van der Waals surface area contributed by atoms with Crippen LogP contribution in [-0.2, 0) is 10.2 Å². The zero-order valence-electron chi connectivity index (χ0n) is 15.8. The Bertz CT molecular complexity index is 649. The summed E-state index contributed by atoms with van der Waals surface area (Å²) in [5.41, 5.74) is -0.156. The smallest absolute Gasteiger partial charge is 0.320 e. The molecule has 3 amide bonds. The fourth-order valence-corrected chi connectivity index (χ4v) is 4.14. The number of rotatable bonds is 2. The summed E-state index contributed by atoms with van der Waals surface area (Å²) >= 11 is 1.88. The molecule has 26 heavy (non-hydrogen) atoms. The minimum atomic E-state index is -0.207. The number of hydrogen-bond donors (Lipinski definition) is 1. The Labute approximate surface area is 158 Å². The van der Waals surface area contributed by atoms with Crippen LogP contribution < -0.4 is 5.32 Å². The number of nitrogens with one attached hydrogen (secondary N) is 1. The van der Waals surface area contributed by atoms with Crippen molar-refractivity contribution in [1.82, 2.24) is 15.0 Å². The molecule has 0 bridgehead atoms. The molecule has 1 atom stereocenters. The van der Waals surface area contributed by atoms with Gasteiger partial charge < -0.3 is 19.6 Å². The van der Waals surface area contributed by atoms with E-state index in [1.54, 1.807) is 6.07 Å². The molecule has 0 spiro atoms. The molecule has 8 heteroatoms. The van der Waals surface area contributed by atoms with E-state index in [1.807, 2.05) is 42.3 Å². The topological polar surface area (TPSA) is 78.7 Å². The highest BCUT2D eigenvalue weighted by atomic mass is 32.2. The van der Waals surface area contributed by atoms with Crippen LogP contribution in [0.4, 0.5) is 10.6 Å². The maximum Gasteiger partial charge on any atom is 0.320 e. The van der Waals surface area contributed by atoms with E-state index in [9.17, 15) is 9.59 Å². The van der Waals surface area contributed by atoms with Gasteiger partial charge in [-0.05, 0) is 12.8 Å². The van der Waals surface area contributed by atoms with Crippen LogP contribution in [-0.4, -0.2) is 64.6 Å². The highest BCUT2D eigenvalue weighted by Gasteiger charge is 2.31. The second-order valence-electron chi connectivity index (χ2n) is 7.98. The quantitative estimate of drug-likeness (QED) is 0.853. The van der Waals surface area contributed by atoms with E-state index in [4.69, 9.17) is 4.52 Å². The number of piperidine rings is 1. The van der Waals surface area contributed by atoms with Gasteiger partial charge in [-0.15, -0.1) is 0 Å². The number of thioether (sulfide) groups is 1. The minimum Gasteiger partial charge on any atom is -0.359 e. The van der Waals surface area contributed by atoms with E-state index in [0.29, 0.717) is 12.4 Å². The largest absolute Gasteiger partial charge is 0.359 e. The molecule has 2 aliphatic heterocycles. The Balaban J connectivity index is 1.57. The summed E-state index contributed by atoms with van der Waals surface area (Å²) in [6, 6.07) is 1.84. The van der Waals surface area contributed by atoms with Gasteiger partial charge in [-0.25, -0.2) is 4.79 Å². The molecule has 7 nitrogen and oxygen atoms in total. The Morgan fingerprint density at radius 3 is 2.62 bits per heavy atom. The van der Waals surface area contributed by atoms with Gasteiger partial charge in [-0.2, -0.15) is 11.8 Å². The SMILES string of the molecule is CC(C)(C)c1cc(NC(=O)C2CCCN(C(=O)N3CCSCC3)C2)no1. The van der Waals surface area contributed by atoms with E-state index in [-0.39, 0.29) is 23.3 Å². The zero-order chi connectivity index (χ0) is 18.7. The second-order valence-corrected chi connectivity index (χ2v) is 9.21. The third kappa shape index (κ3) is 4.52. The van der Waals surface area contributed by atoms with E-state index >= 15 is 0 Å². The van der Waals surface area contributed by atoms with Crippen molar-refractivity contribution in [2.24, 2.45) is 5.92 Å². The first-order valence-electron chi connectivity index (χ1n) is 9.24. The van der Waals surface area contributed by atoms with Crippen LogP contribution in [0.5, 0.6) is 0 Å². The lowest BCUT2D eigenvalue weighted by Crippen LogP contribution is -2.51. The first kappa shape index (κ1) is 19.1. The highest BCUT2D eigenvalue weighted by molar-refractivity contribution is 7.99. The molecule has 2 aliphatic rings. The molecule has 0 aromatic carbocycles. The molecule has 1 N–H and O–H groups in total. The molecule has 3 rings (SSSR count). The van der Waals surface area contributed by atoms with Crippen molar-refractivity contribution in [2.75, 3.05) is 43.0 Å². The van der Waals surface area contributed by atoms with Gasteiger partial charge in [0.2, 0.25) is 5.91 Å². The van der Waals surface area contributed by atoms with Crippen molar-refractivity contribution in [2.45, 2.75) is 39.0 Å². The number of urea groups is 1. The third-order valence-electron chi connectivity index (χ3n) is 4.84. The van der Waals surface area contributed by atoms with Gasteiger partial charge in [-0.1, -0.05) is 25.9 Å². The maximum absolute atomic E-state index is 12.7. The van der Waals surface area contributed by atoms with Crippen LogP contribution in [0.25, 0.3) is 0 Å². The number of anilines is 1. The van der Waals surface area contributed by atoms with Crippen LogP contribution in [0.3, 0.4) is 0 Å². The molecule has 2 saturated heterocycles. The number of carbonyl (C=O) groups excluding carboxylic acids is 2. The Morgan fingerprint density at radius 1 is 1.23 bits per heavy atom. The summed E-state index contributed by atoms with van der Waals surface area (Å²) in [5, 5.41) is 6.79. The maximum atomic E-state index is 12.7. The molecular weight excluding hydrogens is 352 g/mol. The minimum absolute atomic E-state index is 0.0688. The first-order chi connectivity index (χ1) is 12.3. The van der Waals surface area contributed by atoms with Gasteiger partial charge in [0.15, 0.2) is 5.82 Å². The van der Waals surface area contributed by atoms with Gasteiger partial charge in [0.25, 0.3) is 0 Å². The van der Waals surface area contributed by atoms with Crippen LogP contribution in [0, 0.1) is 5.92 Å². The number of nitrogens with zero attached hydrogens (tertiary/aromatic N) is 3. The summed E-state index contributed by atoms with van der Waals surface area (Å²) in [4.78, 5) is 29.0. The van der Waals surface area contributed by atoms with Gasteiger partial charge in [-0.3, -0.25) is 4.79 Å². The van der Waals surface area contributed by atoms with Crippen LogP contribution in [0.1, 0.15) is 39.4 Å². The number of carbonyl (C=O) groups is 2. The first-order valence-corrected chi connectivity index (χ1v) is 10.4. The predicted molar refractivity (Wildman–Crippen MR) is 102 cm³/mol. The summed E-state index contributed by atoms with van der Waals surface area (Å²) in [5.74, 6) is 2.86. The fraction of sp³-hybridized carbons (Fsp3) is 0.722. The molecule has 1 aromatic rings. The van der Waals surface area contributed by atoms with Crippen molar-refractivity contribution in [1.29, 1.82) is 0 Å². The summed E-state index contributed by atoms with van der Waals surface area (Å²) < 4.78 is 5.32.